The van der Waals surface area contributed by atoms with E-state index in [9.17, 15) is 0 Å². The van der Waals surface area contributed by atoms with E-state index in [2.05, 4.69) is 31.8 Å². The summed E-state index contributed by atoms with van der Waals surface area (Å²) in [5.74, 6) is 1.33. The SMILES string of the molecule is CCCc1c(C(C)C)ccnc1OC. The van der Waals surface area contributed by atoms with Gasteiger partial charge in [-0.15, -0.1) is 0 Å². The van der Waals surface area contributed by atoms with Crippen molar-refractivity contribution >= 4 is 0 Å². The minimum Gasteiger partial charge on any atom is -0.481 e. The molecule has 0 aromatic carbocycles. The lowest BCUT2D eigenvalue weighted by Gasteiger charge is -2.14. The maximum Gasteiger partial charge on any atom is 0.216 e. The van der Waals surface area contributed by atoms with Gasteiger partial charge in [-0.3, -0.25) is 0 Å². The second-order valence-electron chi connectivity index (χ2n) is 3.79. The molecule has 0 unspecified atom stereocenters. The molecule has 0 N–H and O–H groups in total. The van der Waals surface area contributed by atoms with Crippen LogP contribution in [0.3, 0.4) is 0 Å². The molecule has 2 heteroatoms. The summed E-state index contributed by atoms with van der Waals surface area (Å²) in [6, 6.07) is 2.10. The fraction of sp³-hybridized carbons (Fsp3) is 0.583. The van der Waals surface area contributed by atoms with Crippen molar-refractivity contribution in [3.8, 4) is 5.88 Å². The third-order valence-electron chi connectivity index (χ3n) is 2.37. The quantitative estimate of drug-likeness (QED) is 0.732. The summed E-state index contributed by atoms with van der Waals surface area (Å²) in [5, 5.41) is 0. The van der Waals surface area contributed by atoms with Gasteiger partial charge in [-0.1, -0.05) is 27.2 Å². The molecule has 1 heterocycles. The minimum atomic E-state index is 0.536. The van der Waals surface area contributed by atoms with E-state index in [0.29, 0.717) is 5.92 Å². The van der Waals surface area contributed by atoms with E-state index in [4.69, 9.17) is 4.74 Å². The molecule has 78 valence electrons. The number of hydrogen-bond acceptors (Lipinski definition) is 2. The molecule has 0 saturated carbocycles. The Kier molecular flexibility index (Phi) is 3.93. The van der Waals surface area contributed by atoms with Gasteiger partial charge < -0.3 is 4.74 Å². The zero-order valence-corrected chi connectivity index (χ0v) is 9.50. The second-order valence-corrected chi connectivity index (χ2v) is 3.79. The van der Waals surface area contributed by atoms with E-state index in [1.165, 1.54) is 11.1 Å². The van der Waals surface area contributed by atoms with Crippen molar-refractivity contribution in [2.45, 2.75) is 39.5 Å². The Bertz CT molecular complexity index is 294. The van der Waals surface area contributed by atoms with Crippen LogP contribution < -0.4 is 4.74 Å². The second kappa shape index (κ2) is 4.99. The van der Waals surface area contributed by atoms with Crippen molar-refractivity contribution in [1.82, 2.24) is 4.98 Å². The molecular formula is C12H19NO. The number of ether oxygens (including phenoxy) is 1. The summed E-state index contributed by atoms with van der Waals surface area (Å²) < 4.78 is 5.28. The van der Waals surface area contributed by atoms with E-state index in [1.54, 1.807) is 7.11 Å². The summed E-state index contributed by atoms with van der Waals surface area (Å²) in [6.07, 6.45) is 4.00. The minimum absolute atomic E-state index is 0.536. The lowest BCUT2D eigenvalue weighted by atomic mass is 9.96. The highest BCUT2D eigenvalue weighted by atomic mass is 16.5. The van der Waals surface area contributed by atoms with E-state index in [-0.39, 0.29) is 0 Å². The highest BCUT2D eigenvalue weighted by Crippen LogP contribution is 2.26. The molecule has 0 amide bonds. The zero-order chi connectivity index (χ0) is 10.6. The molecular weight excluding hydrogens is 174 g/mol. The van der Waals surface area contributed by atoms with Crippen molar-refractivity contribution in [2.24, 2.45) is 0 Å². The Labute approximate surface area is 86.3 Å². The Morgan fingerprint density at radius 2 is 2.14 bits per heavy atom. The van der Waals surface area contributed by atoms with Crippen LogP contribution in [0.5, 0.6) is 5.88 Å². The third-order valence-corrected chi connectivity index (χ3v) is 2.37. The Morgan fingerprint density at radius 3 is 2.64 bits per heavy atom. The molecule has 0 aliphatic rings. The van der Waals surface area contributed by atoms with Crippen molar-refractivity contribution in [1.29, 1.82) is 0 Å². The Hall–Kier alpha value is -1.05. The number of pyridine rings is 1. The van der Waals surface area contributed by atoms with Gasteiger partial charge in [-0.25, -0.2) is 4.98 Å². The summed E-state index contributed by atoms with van der Waals surface area (Å²) in [5.41, 5.74) is 2.63. The maximum absolute atomic E-state index is 5.28. The third kappa shape index (κ3) is 2.25. The van der Waals surface area contributed by atoms with Crippen LogP contribution in [0.2, 0.25) is 0 Å². The highest BCUT2D eigenvalue weighted by molar-refractivity contribution is 5.36. The van der Waals surface area contributed by atoms with E-state index >= 15 is 0 Å². The first-order valence-electron chi connectivity index (χ1n) is 5.22. The van der Waals surface area contributed by atoms with Crippen LogP contribution in [0.25, 0.3) is 0 Å². The van der Waals surface area contributed by atoms with Crippen LogP contribution in [0, 0.1) is 0 Å². The average Bonchev–Trinajstić information content (AvgIpc) is 2.18. The zero-order valence-electron chi connectivity index (χ0n) is 9.50. The van der Waals surface area contributed by atoms with Crippen LogP contribution in [-0.2, 0) is 6.42 Å². The molecule has 0 aliphatic heterocycles. The van der Waals surface area contributed by atoms with Gasteiger partial charge >= 0.3 is 0 Å². The molecule has 0 aliphatic carbocycles. The van der Waals surface area contributed by atoms with Crippen LogP contribution in [-0.4, -0.2) is 12.1 Å². The number of rotatable bonds is 4. The van der Waals surface area contributed by atoms with Gasteiger partial charge in [0.1, 0.15) is 0 Å². The Balaban J connectivity index is 3.13. The van der Waals surface area contributed by atoms with Gasteiger partial charge in [-0.2, -0.15) is 0 Å². The smallest absolute Gasteiger partial charge is 0.216 e. The molecule has 2 nitrogen and oxygen atoms in total. The molecule has 0 radical (unpaired) electrons. The van der Waals surface area contributed by atoms with E-state index in [1.807, 2.05) is 6.20 Å². The predicted octanol–water partition coefficient (Wildman–Crippen LogP) is 3.17. The van der Waals surface area contributed by atoms with Gasteiger partial charge in [0, 0.05) is 11.8 Å². The summed E-state index contributed by atoms with van der Waals surface area (Å²) in [7, 11) is 1.69. The van der Waals surface area contributed by atoms with Crippen molar-refractivity contribution in [2.75, 3.05) is 7.11 Å². The summed E-state index contributed by atoms with van der Waals surface area (Å²) in [6.45, 7) is 6.58. The first kappa shape index (κ1) is 11.0. The normalized spacial score (nSPS) is 10.6. The van der Waals surface area contributed by atoms with Crippen molar-refractivity contribution in [3.63, 3.8) is 0 Å². The molecule has 14 heavy (non-hydrogen) atoms. The van der Waals surface area contributed by atoms with Crippen molar-refractivity contribution in [3.05, 3.63) is 23.4 Å². The maximum atomic E-state index is 5.28. The van der Waals surface area contributed by atoms with Crippen LogP contribution in [0.4, 0.5) is 0 Å². The summed E-state index contributed by atoms with van der Waals surface area (Å²) in [4.78, 5) is 4.24. The van der Waals surface area contributed by atoms with Gasteiger partial charge in [0.2, 0.25) is 5.88 Å². The number of aromatic nitrogens is 1. The lowest BCUT2D eigenvalue weighted by Crippen LogP contribution is -2.01. The van der Waals surface area contributed by atoms with Gasteiger partial charge in [0.25, 0.3) is 0 Å². The number of methoxy groups -OCH3 is 1. The summed E-state index contributed by atoms with van der Waals surface area (Å²) >= 11 is 0. The Morgan fingerprint density at radius 1 is 1.43 bits per heavy atom. The molecule has 0 saturated heterocycles. The molecule has 0 atom stereocenters. The molecule has 0 bridgehead atoms. The van der Waals surface area contributed by atoms with E-state index < -0.39 is 0 Å². The molecule has 0 fully saturated rings. The van der Waals surface area contributed by atoms with Gasteiger partial charge in [0.15, 0.2) is 0 Å². The van der Waals surface area contributed by atoms with Gasteiger partial charge in [-0.05, 0) is 24.0 Å². The average molecular weight is 193 g/mol. The molecule has 1 aromatic rings. The largest absolute Gasteiger partial charge is 0.481 e. The molecule has 1 aromatic heterocycles. The molecule has 1 rings (SSSR count). The fourth-order valence-corrected chi connectivity index (χ4v) is 1.71. The van der Waals surface area contributed by atoms with Crippen LogP contribution in [0.15, 0.2) is 12.3 Å². The highest BCUT2D eigenvalue weighted by Gasteiger charge is 2.11. The lowest BCUT2D eigenvalue weighted by molar-refractivity contribution is 0.391. The first-order valence-corrected chi connectivity index (χ1v) is 5.22. The fourth-order valence-electron chi connectivity index (χ4n) is 1.71. The standard InChI is InChI=1S/C12H19NO/c1-5-6-11-10(9(2)3)7-8-13-12(11)14-4/h7-9H,5-6H2,1-4H3. The van der Waals surface area contributed by atoms with Crippen molar-refractivity contribution < 1.29 is 4.74 Å². The predicted molar refractivity (Wildman–Crippen MR) is 58.9 cm³/mol. The number of nitrogens with zero attached hydrogens (tertiary/aromatic N) is 1. The topological polar surface area (TPSA) is 22.1 Å². The van der Waals surface area contributed by atoms with E-state index in [0.717, 1.165) is 18.7 Å². The number of hydrogen-bond donors (Lipinski definition) is 0. The van der Waals surface area contributed by atoms with Crippen LogP contribution >= 0.6 is 0 Å². The first-order chi connectivity index (χ1) is 6.70. The van der Waals surface area contributed by atoms with Crippen LogP contribution in [0.1, 0.15) is 44.2 Å². The monoisotopic (exact) mass is 193 g/mol. The van der Waals surface area contributed by atoms with Gasteiger partial charge in [0.05, 0.1) is 7.11 Å². The molecule has 0 spiro atoms.